The molecule has 1 unspecified atom stereocenters. The number of benzene rings is 1. The van der Waals surface area contributed by atoms with E-state index in [1.807, 2.05) is 19.1 Å². The molecular weight excluding hydrogens is 342 g/mol. The number of nitrogen functional groups attached to an aromatic ring is 1. The topological polar surface area (TPSA) is 114 Å². The van der Waals surface area contributed by atoms with Crippen molar-refractivity contribution in [2.45, 2.75) is 19.9 Å². The summed E-state index contributed by atoms with van der Waals surface area (Å²) < 4.78 is 0. The van der Waals surface area contributed by atoms with Crippen LogP contribution < -0.4 is 16.6 Å². The third kappa shape index (κ3) is 3.32. The van der Waals surface area contributed by atoms with Gasteiger partial charge in [0.2, 0.25) is 5.95 Å². The lowest BCUT2D eigenvalue weighted by atomic mass is 10.1. The lowest BCUT2D eigenvalue weighted by Crippen LogP contribution is -2.18. The first-order valence-electron chi connectivity index (χ1n) is 7.58. The fraction of sp³-hybridized carbons (Fsp3) is 0.176. The average Bonchev–Trinajstić information content (AvgIpc) is 2.54. The van der Waals surface area contributed by atoms with Gasteiger partial charge in [0.05, 0.1) is 22.0 Å². The maximum absolute atomic E-state index is 12.3. The first-order valence-corrected chi connectivity index (χ1v) is 7.96. The Morgan fingerprint density at radius 1 is 1.40 bits per heavy atom. The van der Waals surface area contributed by atoms with Gasteiger partial charge in [-0.15, -0.1) is 0 Å². The average molecular weight is 358 g/mol. The number of halogens is 1. The van der Waals surface area contributed by atoms with Gasteiger partial charge in [-0.05, 0) is 31.4 Å². The molecule has 2 heterocycles. The van der Waals surface area contributed by atoms with E-state index in [1.165, 1.54) is 13.1 Å². The van der Waals surface area contributed by atoms with E-state index in [0.29, 0.717) is 27.5 Å². The Kier molecular flexibility index (Phi) is 4.41. The van der Waals surface area contributed by atoms with E-state index in [-0.39, 0.29) is 23.3 Å². The molecule has 0 radical (unpaired) electrons. The Bertz CT molecular complexity index is 1030. The summed E-state index contributed by atoms with van der Waals surface area (Å²) in [5.74, 6) is 0.187. The Morgan fingerprint density at radius 2 is 2.16 bits per heavy atom. The summed E-state index contributed by atoms with van der Waals surface area (Å²) in [7, 11) is 0. The van der Waals surface area contributed by atoms with Gasteiger partial charge in [-0.3, -0.25) is 9.59 Å². The van der Waals surface area contributed by atoms with E-state index < -0.39 is 0 Å². The molecule has 4 N–H and O–H groups in total. The van der Waals surface area contributed by atoms with Crippen LogP contribution in [0.2, 0.25) is 5.02 Å². The predicted octanol–water partition coefficient (Wildman–Crippen LogP) is 2.93. The number of H-pyrrole nitrogens is 1. The van der Waals surface area contributed by atoms with Crippen molar-refractivity contribution in [2.75, 3.05) is 11.1 Å². The zero-order valence-electron chi connectivity index (χ0n) is 13.6. The van der Waals surface area contributed by atoms with Crippen molar-refractivity contribution in [3.63, 3.8) is 0 Å². The van der Waals surface area contributed by atoms with Gasteiger partial charge < -0.3 is 16.0 Å². The van der Waals surface area contributed by atoms with Crippen LogP contribution in [0.25, 0.3) is 10.8 Å². The van der Waals surface area contributed by atoms with Crippen molar-refractivity contribution in [1.82, 2.24) is 15.0 Å². The summed E-state index contributed by atoms with van der Waals surface area (Å²) in [6.07, 6.45) is 1.38. The Morgan fingerprint density at radius 3 is 2.88 bits per heavy atom. The van der Waals surface area contributed by atoms with Gasteiger partial charge >= 0.3 is 0 Å². The zero-order chi connectivity index (χ0) is 18.1. The molecule has 0 amide bonds. The minimum atomic E-state index is -0.330. The van der Waals surface area contributed by atoms with Gasteiger partial charge in [-0.25, -0.2) is 4.98 Å². The van der Waals surface area contributed by atoms with Crippen molar-refractivity contribution in [3.8, 4) is 0 Å². The van der Waals surface area contributed by atoms with Crippen LogP contribution in [0.1, 0.15) is 35.9 Å². The van der Waals surface area contributed by atoms with Crippen molar-refractivity contribution in [3.05, 3.63) is 57.1 Å². The Labute approximate surface area is 148 Å². The molecular formula is C17H16ClN5O2. The van der Waals surface area contributed by atoms with Crippen molar-refractivity contribution in [1.29, 1.82) is 0 Å². The lowest BCUT2D eigenvalue weighted by molar-refractivity contribution is 0.101. The summed E-state index contributed by atoms with van der Waals surface area (Å²) in [5.41, 5.74) is 6.29. The normalized spacial score (nSPS) is 12.1. The lowest BCUT2D eigenvalue weighted by Gasteiger charge is -2.17. The number of aromatic nitrogens is 3. The second kappa shape index (κ2) is 6.52. The summed E-state index contributed by atoms with van der Waals surface area (Å²) >= 11 is 6.09. The number of ketones is 1. The smallest absolute Gasteiger partial charge is 0.257 e. The first-order chi connectivity index (χ1) is 11.9. The minimum Gasteiger partial charge on any atom is -0.368 e. The summed E-state index contributed by atoms with van der Waals surface area (Å²) in [6, 6.07) is 6.77. The summed E-state index contributed by atoms with van der Waals surface area (Å²) in [6.45, 7) is 3.26. The number of aromatic amines is 1. The number of anilines is 2. The molecule has 0 aliphatic carbocycles. The molecule has 1 aromatic carbocycles. The monoisotopic (exact) mass is 357 g/mol. The molecule has 25 heavy (non-hydrogen) atoms. The standard InChI is InChI=1S/C17H16ClN5O2/c1-8(21-15-11(9(2)24)7-20-17(19)23-15)13-6-10-4-3-5-12(18)14(10)16(25)22-13/h3-8H,1-2H3,(H,22,25)(H3,19,20,21,23). The molecule has 0 bridgehead atoms. The van der Waals surface area contributed by atoms with Crippen molar-refractivity contribution >= 4 is 39.9 Å². The highest BCUT2D eigenvalue weighted by atomic mass is 35.5. The number of hydrogen-bond acceptors (Lipinski definition) is 6. The highest BCUT2D eigenvalue weighted by Gasteiger charge is 2.15. The molecule has 128 valence electrons. The number of Topliss-reactive ketones (excluding diaryl/α,β-unsaturated/α-hetero) is 1. The van der Waals surface area contributed by atoms with Crippen LogP contribution in [0, 0.1) is 0 Å². The molecule has 0 fully saturated rings. The van der Waals surface area contributed by atoms with E-state index in [2.05, 4.69) is 20.3 Å². The van der Waals surface area contributed by atoms with Crippen LogP contribution in [0.4, 0.5) is 11.8 Å². The van der Waals surface area contributed by atoms with Gasteiger partial charge in [0, 0.05) is 11.9 Å². The van der Waals surface area contributed by atoms with Crippen molar-refractivity contribution < 1.29 is 4.79 Å². The fourth-order valence-corrected chi connectivity index (χ4v) is 2.84. The number of hydrogen-bond donors (Lipinski definition) is 3. The maximum atomic E-state index is 12.3. The second-order valence-electron chi connectivity index (χ2n) is 5.67. The summed E-state index contributed by atoms with van der Waals surface area (Å²) in [4.78, 5) is 34.8. The van der Waals surface area contributed by atoms with E-state index in [0.717, 1.165) is 5.39 Å². The SMILES string of the molecule is CC(=O)c1cnc(N)nc1NC(C)c1cc2cccc(Cl)c2c(=O)[nH]1. The third-order valence-corrected chi connectivity index (χ3v) is 4.16. The van der Waals surface area contributed by atoms with Gasteiger partial charge in [0.15, 0.2) is 5.78 Å². The highest BCUT2D eigenvalue weighted by molar-refractivity contribution is 6.35. The number of nitrogens with one attached hydrogen (secondary N) is 2. The minimum absolute atomic E-state index is 0.0542. The van der Waals surface area contributed by atoms with Crippen LogP contribution >= 0.6 is 11.6 Å². The molecule has 0 spiro atoms. The molecule has 0 aliphatic rings. The van der Waals surface area contributed by atoms with Crippen LogP contribution in [0.15, 0.2) is 35.3 Å². The number of carbonyl (C=O) groups excluding carboxylic acids is 1. The van der Waals surface area contributed by atoms with Crippen LogP contribution in [0.5, 0.6) is 0 Å². The molecule has 1 atom stereocenters. The molecule has 0 saturated heterocycles. The Hall–Kier alpha value is -2.93. The molecule has 0 saturated carbocycles. The molecule has 3 rings (SSSR count). The molecule has 2 aromatic heterocycles. The van der Waals surface area contributed by atoms with Gasteiger partial charge in [0.1, 0.15) is 5.82 Å². The number of fused-ring (bicyclic) bond motifs is 1. The van der Waals surface area contributed by atoms with Crippen molar-refractivity contribution in [2.24, 2.45) is 0 Å². The predicted molar refractivity (Wildman–Crippen MR) is 98.1 cm³/mol. The molecule has 8 heteroatoms. The van der Waals surface area contributed by atoms with Crippen LogP contribution in [0.3, 0.4) is 0 Å². The van der Waals surface area contributed by atoms with Gasteiger partial charge in [-0.2, -0.15) is 4.98 Å². The van der Waals surface area contributed by atoms with Crippen LogP contribution in [-0.4, -0.2) is 20.7 Å². The fourth-order valence-electron chi connectivity index (χ4n) is 2.58. The number of nitrogens with zero attached hydrogens (tertiary/aromatic N) is 2. The first kappa shape index (κ1) is 16.9. The van der Waals surface area contributed by atoms with E-state index in [4.69, 9.17) is 17.3 Å². The molecule has 7 nitrogen and oxygen atoms in total. The molecule has 3 aromatic rings. The zero-order valence-corrected chi connectivity index (χ0v) is 14.4. The molecule has 0 aliphatic heterocycles. The third-order valence-electron chi connectivity index (χ3n) is 3.85. The summed E-state index contributed by atoms with van der Waals surface area (Å²) in [5, 5.41) is 4.67. The van der Waals surface area contributed by atoms with Crippen LogP contribution in [-0.2, 0) is 0 Å². The van der Waals surface area contributed by atoms with Gasteiger partial charge in [-0.1, -0.05) is 23.7 Å². The number of rotatable bonds is 4. The maximum Gasteiger partial charge on any atom is 0.257 e. The van der Waals surface area contributed by atoms with E-state index in [9.17, 15) is 9.59 Å². The number of nitrogens with two attached hydrogens (primary N) is 1. The largest absolute Gasteiger partial charge is 0.368 e. The quantitative estimate of drug-likeness (QED) is 0.618. The number of pyridine rings is 1. The number of carbonyl (C=O) groups is 1. The van der Waals surface area contributed by atoms with E-state index >= 15 is 0 Å². The van der Waals surface area contributed by atoms with Gasteiger partial charge in [0.25, 0.3) is 5.56 Å². The second-order valence-corrected chi connectivity index (χ2v) is 6.08. The Balaban J connectivity index is 2.01. The highest BCUT2D eigenvalue weighted by Crippen LogP contribution is 2.24. The van der Waals surface area contributed by atoms with E-state index in [1.54, 1.807) is 12.1 Å².